The van der Waals surface area contributed by atoms with Crippen LogP contribution in [0.5, 0.6) is 0 Å². The van der Waals surface area contributed by atoms with Crippen LogP contribution in [-0.2, 0) is 0 Å². The molecule has 0 atom stereocenters. The lowest BCUT2D eigenvalue weighted by Crippen LogP contribution is -1.88. The highest BCUT2D eigenvalue weighted by Crippen LogP contribution is 2.12. The summed E-state index contributed by atoms with van der Waals surface area (Å²) in [5.41, 5.74) is 2.89. The first-order chi connectivity index (χ1) is 8.15. The van der Waals surface area contributed by atoms with Crippen molar-refractivity contribution >= 4 is 11.9 Å². The van der Waals surface area contributed by atoms with E-state index in [2.05, 4.69) is 23.1 Å². The summed E-state index contributed by atoms with van der Waals surface area (Å²) in [5, 5.41) is 0. The summed E-state index contributed by atoms with van der Waals surface area (Å²) in [5.74, 6) is 0. The number of nitrogens with zero attached hydrogens (tertiary/aromatic N) is 2. The second-order valence-corrected chi connectivity index (χ2v) is 2.79. The summed E-state index contributed by atoms with van der Waals surface area (Å²) >= 11 is 0. The third-order valence-electron chi connectivity index (χ3n) is 1.42. The van der Waals surface area contributed by atoms with Gasteiger partial charge in [0.25, 0.3) is 0 Å². The Labute approximate surface area is 108 Å². The van der Waals surface area contributed by atoms with E-state index in [1.807, 2.05) is 60.6 Å². The minimum atomic E-state index is 0.922. The van der Waals surface area contributed by atoms with E-state index in [9.17, 15) is 0 Å². The zero-order chi connectivity index (χ0) is 14.3. The Morgan fingerprint density at radius 1 is 0.882 bits per heavy atom. The fourth-order valence-electron chi connectivity index (χ4n) is 0.938. The van der Waals surface area contributed by atoms with E-state index in [1.54, 1.807) is 6.21 Å². The van der Waals surface area contributed by atoms with E-state index >= 15 is 0 Å². The summed E-state index contributed by atoms with van der Waals surface area (Å²) < 4.78 is 0. The van der Waals surface area contributed by atoms with Gasteiger partial charge in [0.05, 0.1) is 11.4 Å². The molecule has 0 saturated carbocycles. The molecule has 0 unspecified atom stereocenters. The molecule has 0 aromatic carbocycles. The fourth-order valence-corrected chi connectivity index (χ4v) is 0.938. The van der Waals surface area contributed by atoms with E-state index < -0.39 is 0 Å². The van der Waals surface area contributed by atoms with Crippen molar-refractivity contribution in [2.45, 2.75) is 48.5 Å². The first kappa shape index (κ1) is 20.9. The minimum Gasteiger partial charge on any atom is -0.260 e. The molecule has 0 amide bonds. The van der Waals surface area contributed by atoms with Gasteiger partial charge in [-0.05, 0) is 34.6 Å². The van der Waals surface area contributed by atoms with Gasteiger partial charge in [0, 0.05) is 11.9 Å². The van der Waals surface area contributed by atoms with Crippen molar-refractivity contribution in [1.29, 1.82) is 0 Å². The molecule has 0 fully saturated rings. The van der Waals surface area contributed by atoms with Crippen molar-refractivity contribution < 1.29 is 0 Å². The van der Waals surface area contributed by atoms with E-state index in [0.29, 0.717) is 0 Å². The van der Waals surface area contributed by atoms with E-state index in [1.165, 1.54) is 0 Å². The lowest BCUT2D eigenvalue weighted by molar-refractivity contribution is 1.21. The van der Waals surface area contributed by atoms with E-state index in [4.69, 9.17) is 0 Å². The molecule has 2 heteroatoms. The zero-order valence-corrected chi connectivity index (χ0v) is 12.5. The molecule has 0 radical (unpaired) electrons. The molecule has 0 aliphatic heterocycles. The average Bonchev–Trinajstić information content (AvgIpc) is 2.38. The zero-order valence-electron chi connectivity index (χ0n) is 12.5. The number of aliphatic imine (C=N–C) groups is 2. The second-order valence-electron chi connectivity index (χ2n) is 2.79. The van der Waals surface area contributed by atoms with Crippen LogP contribution >= 0.6 is 0 Å². The molecule has 0 saturated heterocycles. The molecular weight excluding hydrogens is 208 g/mol. The molecule has 2 nitrogen and oxygen atoms in total. The van der Waals surface area contributed by atoms with Crippen molar-refractivity contribution in [2.24, 2.45) is 9.98 Å². The third kappa shape index (κ3) is 12.5. The van der Waals surface area contributed by atoms with Gasteiger partial charge in [0.2, 0.25) is 0 Å². The van der Waals surface area contributed by atoms with Gasteiger partial charge < -0.3 is 0 Å². The van der Waals surface area contributed by atoms with Crippen LogP contribution in [0.2, 0.25) is 0 Å². The van der Waals surface area contributed by atoms with Crippen molar-refractivity contribution in [3.05, 3.63) is 36.7 Å². The van der Waals surface area contributed by atoms with Gasteiger partial charge in [-0.1, -0.05) is 26.0 Å². The third-order valence-corrected chi connectivity index (χ3v) is 1.42. The number of hydrogen-bond acceptors (Lipinski definition) is 2. The van der Waals surface area contributed by atoms with Crippen molar-refractivity contribution in [3.8, 4) is 0 Å². The maximum atomic E-state index is 4.38. The Bertz CT molecular complexity index is 277. The maximum absolute atomic E-state index is 4.38. The summed E-state index contributed by atoms with van der Waals surface area (Å²) in [6.07, 6.45) is 5.70. The number of hydrogen-bond donors (Lipinski definition) is 0. The molecule has 0 bridgehead atoms. The highest BCUT2D eigenvalue weighted by atomic mass is 14.8. The molecule has 0 N–H and O–H groups in total. The smallest absolute Gasteiger partial charge is 0.0839 e. The molecule has 0 aliphatic carbocycles. The van der Waals surface area contributed by atoms with Crippen LogP contribution in [-0.4, -0.2) is 11.9 Å². The highest BCUT2D eigenvalue weighted by molar-refractivity contribution is 5.80. The SMILES string of the molecule is C=C.CC.CC=NC(=C\C)/C(=C/C)N=C(C)C. The van der Waals surface area contributed by atoms with Gasteiger partial charge in [-0.2, -0.15) is 0 Å². The molecule has 17 heavy (non-hydrogen) atoms. The predicted octanol–water partition coefficient (Wildman–Crippen LogP) is 5.19. The van der Waals surface area contributed by atoms with Crippen molar-refractivity contribution in [2.75, 3.05) is 0 Å². The molecule has 0 heterocycles. The topological polar surface area (TPSA) is 24.7 Å². The second kappa shape index (κ2) is 17.0. The summed E-state index contributed by atoms with van der Waals surface area (Å²) in [4.78, 5) is 8.61. The van der Waals surface area contributed by atoms with Gasteiger partial charge in [0.15, 0.2) is 0 Å². The normalized spacial score (nSPS) is 11.0. The van der Waals surface area contributed by atoms with Gasteiger partial charge >= 0.3 is 0 Å². The summed E-state index contributed by atoms with van der Waals surface area (Å²) in [6, 6.07) is 0. The molecule has 0 spiro atoms. The lowest BCUT2D eigenvalue weighted by atomic mass is 10.3. The van der Waals surface area contributed by atoms with Crippen LogP contribution in [0.25, 0.3) is 0 Å². The largest absolute Gasteiger partial charge is 0.260 e. The van der Waals surface area contributed by atoms with Crippen LogP contribution < -0.4 is 0 Å². The van der Waals surface area contributed by atoms with Gasteiger partial charge in [-0.15, -0.1) is 13.2 Å². The van der Waals surface area contributed by atoms with Crippen LogP contribution in [0.15, 0.2) is 46.7 Å². The van der Waals surface area contributed by atoms with Gasteiger partial charge in [0.1, 0.15) is 0 Å². The minimum absolute atomic E-state index is 0.922. The molecular formula is C15H28N2. The lowest BCUT2D eigenvalue weighted by Gasteiger charge is -2.01. The average molecular weight is 236 g/mol. The van der Waals surface area contributed by atoms with Crippen LogP contribution in [0.1, 0.15) is 48.5 Å². The van der Waals surface area contributed by atoms with E-state index in [0.717, 1.165) is 17.1 Å². The Morgan fingerprint density at radius 3 is 1.53 bits per heavy atom. The first-order valence-electron chi connectivity index (χ1n) is 5.99. The standard InChI is InChI=1S/C11H18N2.C2H6.C2H4/c1-6-10(12-8-3)11(7-2)13-9(4)5;2*1-2/h6-8H,1-5H3;1-2H3;1-2H2/b10-6-,11-7-,12-8?;;. The van der Waals surface area contributed by atoms with Gasteiger partial charge in [-0.3, -0.25) is 9.98 Å². The highest BCUT2D eigenvalue weighted by Gasteiger charge is 1.98. The first-order valence-corrected chi connectivity index (χ1v) is 5.99. The Balaban J connectivity index is -0.000000439. The number of allylic oxidation sites excluding steroid dienone is 2. The van der Waals surface area contributed by atoms with Crippen molar-refractivity contribution in [3.63, 3.8) is 0 Å². The molecule has 98 valence electrons. The summed E-state index contributed by atoms with van der Waals surface area (Å²) in [7, 11) is 0. The monoisotopic (exact) mass is 236 g/mol. The van der Waals surface area contributed by atoms with Crippen LogP contribution in [0.4, 0.5) is 0 Å². The number of rotatable bonds is 3. The van der Waals surface area contributed by atoms with Crippen LogP contribution in [0, 0.1) is 0 Å². The Kier molecular flexibility index (Phi) is 20.9. The molecule has 0 rings (SSSR count). The molecule has 0 aliphatic rings. The molecule has 0 aromatic rings. The fraction of sp³-hybridized carbons (Fsp3) is 0.467. The maximum Gasteiger partial charge on any atom is 0.0839 e. The van der Waals surface area contributed by atoms with E-state index in [-0.39, 0.29) is 0 Å². The molecule has 0 aromatic heterocycles. The quantitative estimate of drug-likeness (QED) is 0.366. The van der Waals surface area contributed by atoms with Crippen molar-refractivity contribution in [1.82, 2.24) is 0 Å². The Morgan fingerprint density at radius 2 is 1.29 bits per heavy atom. The predicted molar refractivity (Wildman–Crippen MR) is 83.1 cm³/mol. The van der Waals surface area contributed by atoms with Crippen LogP contribution in [0.3, 0.4) is 0 Å². The summed E-state index contributed by atoms with van der Waals surface area (Å²) in [6.45, 7) is 19.8. The van der Waals surface area contributed by atoms with Gasteiger partial charge in [-0.25, -0.2) is 0 Å². The Hall–Kier alpha value is -1.44.